The maximum absolute atomic E-state index is 11.9. The van der Waals surface area contributed by atoms with E-state index in [1.54, 1.807) is 6.92 Å². The summed E-state index contributed by atoms with van der Waals surface area (Å²) >= 11 is 0. The van der Waals surface area contributed by atoms with Gasteiger partial charge in [0.2, 0.25) is 0 Å². The Morgan fingerprint density at radius 3 is 2.28 bits per heavy atom. The van der Waals surface area contributed by atoms with Crippen LogP contribution in [0.5, 0.6) is 0 Å². The monoisotopic (exact) mass is 268 g/mol. The van der Waals surface area contributed by atoms with Gasteiger partial charge in [0.1, 0.15) is 0 Å². The van der Waals surface area contributed by atoms with Crippen molar-refractivity contribution in [3.8, 4) is 0 Å². The van der Waals surface area contributed by atoms with Gasteiger partial charge < -0.3 is 5.11 Å². The molecule has 1 aromatic rings. The molecule has 0 bridgehead atoms. The number of hydrogen-bond acceptors (Lipinski definition) is 3. The third-order valence-electron chi connectivity index (χ3n) is 3.52. The second-order valence-electron chi connectivity index (χ2n) is 4.72. The number of aryl methyl sites for hydroxylation is 1. The van der Waals surface area contributed by atoms with E-state index in [9.17, 15) is 13.2 Å². The molecule has 0 amide bonds. The standard InChI is InChI=1S/C13H16O4S/c1-3-18(16,17)12-10(11(12)13(14)15)9-6-4-8(2)5-7-9/h4-7,10-12H,3H2,1-2H3,(H,14,15)/t10-,11+,12+/m0/s1. The van der Waals surface area contributed by atoms with Crippen molar-refractivity contribution in [2.24, 2.45) is 5.92 Å². The van der Waals surface area contributed by atoms with Crippen molar-refractivity contribution in [1.29, 1.82) is 0 Å². The molecule has 1 saturated carbocycles. The van der Waals surface area contributed by atoms with Crippen molar-refractivity contribution in [3.63, 3.8) is 0 Å². The maximum atomic E-state index is 11.9. The average Bonchev–Trinajstić information content (AvgIpc) is 3.06. The van der Waals surface area contributed by atoms with Gasteiger partial charge in [0.05, 0.1) is 11.2 Å². The fraction of sp³-hybridized carbons (Fsp3) is 0.462. The molecular weight excluding hydrogens is 252 g/mol. The topological polar surface area (TPSA) is 71.4 Å². The summed E-state index contributed by atoms with van der Waals surface area (Å²) in [7, 11) is -3.31. The highest BCUT2D eigenvalue weighted by molar-refractivity contribution is 7.92. The van der Waals surface area contributed by atoms with Gasteiger partial charge in [-0.3, -0.25) is 4.79 Å². The van der Waals surface area contributed by atoms with Crippen molar-refractivity contribution in [3.05, 3.63) is 35.4 Å². The first kappa shape index (κ1) is 13.1. The number of carboxylic acid groups (broad SMARTS) is 1. The molecule has 5 heteroatoms. The molecule has 18 heavy (non-hydrogen) atoms. The Bertz CT molecular complexity index is 559. The fourth-order valence-corrected chi connectivity index (χ4v) is 4.20. The van der Waals surface area contributed by atoms with Crippen LogP contribution in [0.15, 0.2) is 24.3 Å². The van der Waals surface area contributed by atoms with Crippen LogP contribution in [-0.2, 0) is 14.6 Å². The molecule has 1 N–H and O–H groups in total. The zero-order valence-electron chi connectivity index (χ0n) is 10.3. The normalized spacial score (nSPS) is 26.9. The van der Waals surface area contributed by atoms with E-state index in [-0.39, 0.29) is 5.75 Å². The molecule has 0 heterocycles. The summed E-state index contributed by atoms with van der Waals surface area (Å²) in [6, 6.07) is 7.40. The van der Waals surface area contributed by atoms with Crippen LogP contribution in [0, 0.1) is 12.8 Å². The zero-order valence-corrected chi connectivity index (χ0v) is 11.1. The Morgan fingerprint density at radius 2 is 1.83 bits per heavy atom. The van der Waals surface area contributed by atoms with Gasteiger partial charge in [-0.25, -0.2) is 8.42 Å². The van der Waals surface area contributed by atoms with Crippen molar-refractivity contribution < 1.29 is 18.3 Å². The summed E-state index contributed by atoms with van der Waals surface area (Å²) in [5.41, 5.74) is 1.87. The molecule has 1 fully saturated rings. The van der Waals surface area contributed by atoms with Gasteiger partial charge in [0.15, 0.2) is 9.84 Å². The van der Waals surface area contributed by atoms with E-state index in [4.69, 9.17) is 5.11 Å². The molecule has 1 aromatic carbocycles. The van der Waals surface area contributed by atoms with Crippen LogP contribution in [0.3, 0.4) is 0 Å². The van der Waals surface area contributed by atoms with E-state index in [0.717, 1.165) is 11.1 Å². The second-order valence-corrected chi connectivity index (χ2v) is 7.16. The lowest BCUT2D eigenvalue weighted by molar-refractivity contribution is -0.138. The third-order valence-corrected chi connectivity index (χ3v) is 5.74. The Balaban J connectivity index is 2.33. The van der Waals surface area contributed by atoms with Crippen LogP contribution < -0.4 is 0 Å². The van der Waals surface area contributed by atoms with Gasteiger partial charge in [-0.05, 0) is 12.5 Å². The van der Waals surface area contributed by atoms with Crippen LogP contribution in [0.1, 0.15) is 24.0 Å². The summed E-state index contributed by atoms with van der Waals surface area (Å²) in [4.78, 5) is 11.1. The molecule has 0 aromatic heterocycles. The van der Waals surface area contributed by atoms with Crippen molar-refractivity contribution >= 4 is 15.8 Å². The number of benzene rings is 1. The Hall–Kier alpha value is -1.36. The Morgan fingerprint density at radius 1 is 1.28 bits per heavy atom. The highest BCUT2D eigenvalue weighted by Crippen LogP contribution is 2.52. The van der Waals surface area contributed by atoms with E-state index < -0.39 is 32.9 Å². The Labute approximate surface area is 107 Å². The van der Waals surface area contributed by atoms with Crippen molar-refractivity contribution in [2.75, 3.05) is 5.75 Å². The lowest BCUT2D eigenvalue weighted by Crippen LogP contribution is -2.14. The summed E-state index contributed by atoms with van der Waals surface area (Å²) in [6.07, 6.45) is 0. The number of carbonyl (C=O) groups is 1. The van der Waals surface area contributed by atoms with Crippen LogP contribution in [0.2, 0.25) is 0 Å². The lowest BCUT2D eigenvalue weighted by Gasteiger charge is -2.01. The second kappa shape index (κ2) is 4.39. The minimum Gasteiger partial charge on any atom is -0.481 e. The van der Waals surface area contributed by atoms with Gasteiger partial charge >= 0.3 is 5.97 Å². The van der Waals surface area contributed by atoms with E-state index in [2.05, 4.69) is 0 Å². The SMILES string of the molecule is CCS(=O)(=O)[C@H]1[C@H](C(=O)O)[C@@H]1c1ccc(C)cc1. The highest BCUT2D eigenvalue weighted by Gasteiger charge is 2.62. The van der Waals surface area contributed by atoms with Gasteiger partial charge in [-0.2, -0.15) is 0 Å². The molecule has 2 rings (SSSR count). The summed E-state index contributed by atoms with van der Waals surface area (Å²) in [5.74, 6) is -2.22. The predicted octanol–water partition coefficient (Wildman–Crippen LogP) is 1.60. The molecule has 1 aliphatic rings. The van der Waals surface area contributed by atoms with Crippen LogP contribution in [0.25, 0.3) is 0 Å². The first-order valence-electron chi connectivity index (χ1n) is 5.89. The fourth-order valence-electron chi connectivity index (χ4n) is 2.40. The number of rotatable bonds is 4. The van der Waals surface area contributed by atoms with E-state index in [1.807, 2.05) is 31.2 Å². The largest absolute Gasteiger partial charge is 0.481 e. The molecule has 0 aliphatic heterocycles. The third kappa shape index (κ3) is 2.14. The molecule has 4 nitrogen and oxygen atoms in total. The number of aliphatic carboxylic acids is 1. The molecule has 0 saturated heterocycles. The maximum Gasteiger partial charge on any atom is 0.308 e. The predicted molar refractivity (Wildman–Crippen MR) is 68.3 cm³/mol. The minimum atomic E-state index is -3.31. The van der Waals surface area contributed by atoms with Gasteiger partial charge in [0.25, 0.3) is 0 Å². The van der Waals surface area contributed by atoms with E-state index in [0.29, 0.717) is 0 Å². The van der Waals surface area contributed by atoms with E-state index >= 15 is 0 Å². The summed E-state index contributed by atoms with van der Waals surface area (Å²) < 4.78 is 23.7. The van der Waals surface area contributed by atoms with Gasteiger partial charge in [0, 0.05) is 11.7 Å². The van der Waals surface area contributed by atoms with Crippen LogP contribution >= 0.6 is 0 Å². The van der Waals surface area contributed by atoms with Gasteiger partial charge in [-0.1, -0.05) is 36.8 Å². The highest BCUT2D eigenvalue weighted by atomic mass is 32.2. The molecular formula is C13H16O4S. The van der Waals surface area contributed by atoms with Crippen molar-refractivity contribution in [1.82, 2.24) is 0 Å². The lowest BCUT2D eigenvalue weighted by atomic mass is 10.1. The smallest absolute Gasteiger partial charge is 0.308 e. The molecule has 98 valence electrons. The quantitative estimate of drug-likeness (QED) is 0.900. The summed E-state index contributed by atoms with van der Waals surface area (Å²) in [5, 5.41) is 8.34. The zero-order chi connectivity index (χ0) is 13.5. The number of sulfone groups is 1. The van der Waals surface area contributed by atoms with Crippen molar-refractivity contribution in [2.45, 2.75) is 25.0 Å². The molecule has 3 atom stereocenters. The molecule has 1 aliphatic carbocycles. The van der Waals surface area contributed by atoms with Gasteiger partial charge in [-0.15, -0.1) is 0 Å². The first-order chi connectivity index (χ1) is 8.38. The number of carboxylic acids is 1. The molecule has 0 unspecified atom stereocenters. The average molecular weight is 268 g/mol. The van der Waals surface area contributed by atoms with E-state index in [1.165, 1.54) is 0 Å². The Kier molecular flexibility index (Phi) is 3.19. The molecule has 0 radical (unpaired) electrons. The number of hydrogen-bond donors (Lipinski definition) is 1. The summed E-state index contributed by atoms with van der Waals surface area (Å²) in [6.45, 7) is 3.49. The van der Waals surface area contributed by atoms with Crippen LogP contribution in [0.4, 0.5) is 0 Å². The first-order valence-corrected chi connectivity index (χ1v) is 7.61. The minimum absolute atomic E-state index is 0.0101. The van der Waals surface area contributed by atoms with Crippen LogP contribution in [-0.4, -0.2) is 30.5 Å². The molecule has 0 spiro atoms.